The predicted molar refractivity (Wildman–Crippen MR) is 96.7 cm³/mol. The van der Waals surface area contributed by atoms with Crippen LogP contribution < -0.4 is 15.1 Å². The first-order valence-electron chi connectivity index (χ1n) is 7.13. The summed E-state index contributed by atoms with van der Waals surface area (Å²) in [6, 6.07) is 5.34. The summed E-state index contributed by atoms with van der Waals surface area (Å²) in [5.74, 6) is -1.38. The maximum Gasteiger partial charge on any atom is 0.278 e. The molecule has 0 radical (unpaired) electrons. The highest BCUT2D eigenvalue weighted by Crippen LogP contribution is 2.33. The molecular weight excluding hydrogens is 387 g/mol. The Kier molecular flexibility index (Phi) is 6.01. The zero-order chi connectivity index (χ0) is 19.5. The number of anilines is 3. The summed E-state index contributed by atoms with van der Waals surface area (Å²) in [6.07, 6.45) is 2.16. The Balaban J connectivity index is 2.55. The van der Waals surface area contributed by atoms with Crippen molar-refractivity contribution < 1.29 is 22.4 Å². The number of hydrogen-bond acceptors (Lipinski definition) is 6. The van der Waals surface area contributed by atoms with Gasteiger partial charge in [0.2, 0.25) is 10.0 Å². The fourth-order valence-corrected chi connectivity index (χ4v) is 2.78. The highest BCUT2D eigenvalue weighted by Gasteiger charge is 2.21. The molecule has 0 atom stereocenters. The van der Waals surface area contributed by atoms with Crippen molar-refractivity contribution >= 4 is 44.6 Å². The summed E-state index contributed by atoms with van der Waals surface area (Å²) in [5.41, 5.74) is 2.30. The van der Waals surface area contributed by atoms with Crippen molar-refractivity contribution in [3.8, 4) is 0 Å². The van der Waals surface area contributed by atoms with Crippen LogP contribution in [0, 0.1) is 5.82 Å². The molecule has 0 aliphatic heterocycles. The Hall–Kier alpha value is -2.43. The summed E-state index contributed by atoms with van der Waals surface area (Å²) >= 11 is 5.88. The number of hydroxylamine groups is 1. The number of halogens is 2. The zero-order valence-electron chi connectivity index (χ0n) is 14.1. The summed E-state index contributed by atoms with van der Waals surface area (Å²) in [6.45, 7) is 0. The molecule has 0 saturated heterocycles. The van der Waals surface area contributed by atoms with Crippen LogP contribution in [-0.2, 0) is 14.9 Å². The van der Waals surface area contributed by atoms with Crippen LogP contribution in [0.1, 0.15) is 10.4 Å². The number of pyridine rings is 1. The predicted octanol–water partition coefficient (Wildman–Crippen LogP) is 2.30. The van der Waals surface area contributed by atoms with E-state index in [2.05, 4.69) is 20.6 Å². The Morgan fingerprint density at radius 2 is 2.04 bits per heavy atom. The van der Waals surface area contributed by atoms with Crippen molar-refractivity contribution in [2.24, 2.45) is 0 Å². The molecule has 0 fully saturated rings. The van der Waals surface area contributed by atoms with Gasteiger partial charge in [-0.15, -0.1) is 0 Å². The second-order valence-electron chi connectivity index (χ2n) is 5.18. The summed E-state index contributed by atoms with van der Waals surface area (Å²) < 4.78 is 38.7. The maximum absolute atomic E-state index is 14.3. The Labute approximate surface area is 154 Å². The maximum atomic E-state index is 14.3. The number of hydrogen-bond donors (Lipinski definition) is 2. The molecule has 8 nitrogen and oxygen atoms in total. The van der Waals surface area contributed by atoms with E-state index in [9.17, 15) is 17.6 Å². The van der Waals surface area contributed by atoms with Crippen LogP contribution >= 0.6 is 11.6 Å². The largest absolute Gasteiger partial charge is 0.353 e. The molecule has 0 saturated carbocycles. The molecule has 11 heteroatoms. The molecule has 0 spiro atoms. The molecule has 1 aromatic heterocycles. The second-order valence-corrected chi connectivity index (χ2v) is 7.58. The van der Waals surface area contributed by atoms with E-state index >= 15 is 0 Å². The van der Waals surface area contributed by atoms with Gasteiger partial charge in [0.25, 0.3) is 5.91 Å². The van der Waals surface area contributed by atoms with Crippen LogP contribution in [0.4, 0.5) is 21.5 Å². The molecule has 0 unspecified atom stereocenters. The molecule has 1 aromatic carbocycles. The molecule has 2 aromatic rings. The van der Waals surface area contributed by atoms with Gasteiger partial charge in [-0.1, -0.05) is 17.7 Å². The van der Waals surface area contributed by atoms with Crippen molar-refractivity contribution in [3.63, 3.8) is 0 Å². The number of sulfonamides is 1. The van der Waals surface area contributed by atoms with Crippen molar-refractivity contribution in [2.75, 3.05) is 30.0 Å². The van der Waals surface area contributed by atoms with E-state index in [1.165, 1.54) is 38.6 Å². The average Bonchev–Trinajstić information content (AvgIpc) is 2.54. The Bertz CT molecular complexity index is 939. The Morgan fingerprint density at radius 1 is 1.35 bits per heavy atom. The summed E-state index contributed by atoms with van der Waals surface area (Å²) in [5, 5.41) is 2.91. The van der Waals surface area contributed by atoms with E-state index < -0.39 is 21.7 Å². The third-order valence-electron chi connectivity index (χ3n) is 3.38. The SMILES string of the molecule is CONC(=O)c1cnc(Cl)cc1Nc1cccc(F)c1N(C)S(C)(=O)=O. The Morgan fingerprint density at radius 3 is 2.65 bits per heavy atom. The first-order chi connectivity index (χ1) is 12.1. The van der Waals surface area contributed by atoms with Crippen LogP contribution in [0.5, 0.6) is 0 Å². The number of rotatable bonds is 6. The van der Waals surface area contributed by atoms with Gasteiger partial charge in [-0.2, -0.15) is 0 Å². The second kappa shape index (κ2) is 7.85. The van der Waals surface area contributed by atoms with Gasteiger partial charge >= 0.3 is 0 Å². The zero-order valence-corrected chi connectivity index (χ0v) is 15.7. The molecule has 140 valence electrons. The van der Waals surface area contributed by atoms with E-state index in [-0.39, 0.29) is 27.8 Å². The molecule has 1 amide bonds. The van der Waals surface area contributed by atoms with Gasteiger partial charge in [0, 0.05) is 13.2 Å². The van der Waals surface area contributed by atoms with Gasteiger partial charge < -0.3 is 5.32 Å². The van der Waals surface area contributed by atoms with Crippen LogP contribution in [0.25, 0.3) is 0 Å². The van der Waals surface area contributed by atoms with Crippen LogP contribution in [-0.4, -0.2) is 39.7 Å². The first-order valence-corrected chi connectivity index (χ1v) is 9.36. The van der Waals surface area contributed by atoms with E-state index in [4.69, 9.17) is 11.6 Å². The van der Waals surface area contributed by atoms with E-state index in [1.807, 2.05) is 0 Å². The molecule has 2 N–H and O–H groups in total. The van der Waals surface area contributed by atoms with Gasteiger partial charge in [-0.25, -0.2) is 23.3 Å². The minimum Gasteiger partial charge on any atom is -0.353 e. The van der Waals surface area contributed by atoms with E-state index in [1.54, 1.807) is 0 Å². The number of aromatic nitrogens is 1. The minimum atomic E-state index is -3.72. The number of benzene rings is 1. The third-order valence-corrected chi connectivity index (χ3v) is 4.76. The quantitative estimate of drug-likeness (QED) is 0.568. The van der Waals surface area contributed by atoms with Gasteiger partial charge in [0.1, 0.15) is 16.7 Å². The summed E-state index contributed by atoms with van der Waals surface area (Å²) in [4.78, 5) is 20.5. The summed E-state index contributed by atoms with van der Waals surface area (Å²) in [7, 11) is -1.24. The smallest absolute Gasteiger partial charge is 0.278 e. The highest BCUT2D eigenvalue weighted by atomic mass is 35.5. The molecular formula is C15H16ClFN4O4S. The lowest BCUT2D eigenvalue weighted by atomic mass is 10.2. The molecule has 0 bridgehead atoms. The topological polar surface area (TPSA) is 101 Å². The number of carbonyl (C=O) groups excluding carboxylic acids is 1. The number of nitrogens with one attached hydrogen (secondary N) is 2. The van der Waals surface area contributed by atoms with E-state index in [0.29, 0.717) is 0 Å². The van der Waals surface area contributed by atoms with E-state index in [0.717, 1.165) is 16.6 Å². The first kappa shape index (κ1) is 19.9. The lowest BCUT2D eigenvalue weighted by Crippen LogP contribution is -2.27. The molecule has 0 aliphatic rings. The van der Waals surface area contributed by atoms with Crippen LogP contribution in [0.2, 0.25) is 5.15 Å². The molecule has 2 rings (SSSR count). The van der Waals surface area contributed by atoms with Gasteiger partial charge in [-0.05, 0) is 18.2 Å². The fraction of sp³-hybridized carbons (Fsp3) is 0.200. The van der Waals surface area contributed by atoms with Crippen molar-refractivity contribution in [1.29, 1.82) is 0 Å². The van der Waals surface area contributed by atoms with Crippen LogP contribution in [0.15, 0.2) is 30.5 Å². The van der Waals surface area contributed by atoms with Gasteiger partial charge in [-0.3, -0.25) is 13.9 Å². The standard InChI is InChI=1S/C15H16ClFN4O4S/c1-21(26(3,23)24)14-10(17)5-4-6-11(14)19-12-7-13(16)18-8-9(12)15(22)20-25-2/h4-8H,1-3H3,(H,18,19)(H,20,22). The minimum absolute atomic E-state index is 0.0634. The lowest BCUT2D eigenvalue weighted by molar-refractivity contribution is 0.0538. The fourth-order valence-electron chi connectivity index (χ4n) is 2.11. The average molecular weight is 403 g/mol. The van der Waals surface area contributed by atoms with Gasteiger partial charge in [0.05, 0.1) is 30.3 Å². The third kappa shape index (κ3) is 4.40. The normalized spacial score (nSPS) is 11.1. The highest BCUT2D eigenvalue weighted by molar-refractivity contribution is 7.92. The van der Waals surface area contributed by atoms with Crippen molar-refractivity contribution in [3.05, 3.63) is 47.0 Å². The van der Waals surface area contributed by atoms with Crippen molar-refractivity contribution in [2.45, 2.75) is 0 Å². The number of carbonyl (C=O) groups is 1. The van der Waals surface area contributed by atoms with Crippen LogP contribution in [0.3, 0.4) is 0 Å². The number of para-hydroxylation sites is 1. The molecule has 0 aliphatic carbocycles. The lowest BCUT2D eigenvalue weighted by Gasteiger charge is -2.22. The van der Waals surface area contributed by atoms with Gasteiger partial charge in [0.15, 0.2) is 0 Å². The number of nitrogens with zero attached hydrogens (tertiary/aromatic N) is 2. The van der Waals surface area contributed by atoms with Crippen molar-refractivity contribution in [1.82, 2.24) is 10.5 Å². The number of amides is 1. The monoisotopic (exact) mass is 402 g/mol. The molecule has 26 heavy (non-hydrogen) atoms. The molecule has 1 heterocycles.